The van der Waals surface area contributed by atoms with Gasteiger partial charge in [0.1, 0.15) is 24.3 Å². The van der Waals surface area contributed by atoms with Crippen molar-refractivity contribution in [2.45, 2.75) is 39.0 Å². The maximum atomic E-state index is 10.1. The van der Waals surface area contributed by atoms with Gasteiger partial charge in [-0.1, -0.05) is 19.1 Å². The summed E-state index contributed by atoms with van der Waals surface area (Å²) in [5, 5.41) is 10.1. The molecule has 114 valence electrons. The molecular formula is C16H23N3O2. The highest BCUT2D eigenvalue weighted by Gasteiger charge is 2.09. The Morgan fingerprint density at radius 2 is 2.10 bits per heavy atom. The quantitative estimate of drug-likeness (QED) is 0.776. The van der Waals surface area contributed by atoms with Crippen LogP contribution in [0.3, 0.4) is 0 Å². The number of aliphatic hydroxyl groups excluding tert-OH is 1. The second-order valence-electron chi connectivity index (χ2n) is 5.06. The average Bonchev–Trinajstić information content (AvgIpc) is 2.93. The van der Waals surface area contributed by atoms with Crippen molar-refractivity contribution in [1.29, 1.82) is 0 Å². The van der Waals surface area contributed by atoms with Crippen LogP contribution in [0.15, 0.2) is 36.7 Å². The number of nitrogens with zero attached hydrogens (tertiary/aromatic N) is 2. The van der Waals surface area contributed by atoms with Crippen molar-refractivity contribution in [3.63, 3.8) is 0 Å². The summed E-state index contributed by atoms with van der Waals surface area (Å²) in [6.45, 7) is 3.38. The Bertz CT molecular complexity index is 537. The lowest BCUT2D eigenvalue weighted by atomic mass is 10.2. The van der Waals surface area contributed by atoms with E-state index in [1.54, 1.807) is 6.20 Å². The first-order valence-corrected chi connectivity index (χ1v) is 7.32. The summed E-state index contributed by atoms with van der Waals surface area (Å²) >= 11 is 0. The van der Waals surface area contributed by atoms with Gasteiger partial charge in [0.15, 0.2) is 0 Å². The van der Waals surface area contributed by atoms with Crippen LogP contribution < -0.4 is 10.5 Å². The number of hydrogen-bond donors (Lipinski definition) is 2. The van der Waals surface area contributed by atoms with E-state index in [0.717, 1.165) is 30.0 Å². The Hall–Kier alpha value is -1.85. The van der Waals surface area contributed by atoms with Crippen molar-refractivity contribution in [2.75, 3.05) is 6.61 Å². The van der Waals surface area contributed by atoms with Gasteiger partial charge in [0.25, 0.3) is 0 Å². The highest BCUT2D eigenvalue weighted by atomic mass is 16.5. The molecule has 0 amide bonds. The van der Waals surface area contributed by atoms with Crippen molar-refractivity contribution in [1.82, 2.24) is 9.55 Å². The Labute approximate surface area is 125 Å². The predicted octanol–water partition coefficient (Wildman–Crippen LogP) is 1.73. The first-order valence-electron chi connectivity index (χ1n) is 7.32. The van der Waals surface area contributed by atoms with Crippen LogP contribution in [0.25, 0.3) is 0 Å². The zero-order valence-corrected chi connectivity index (χ0v) is 12.4. The molecular weight excluding hydrogens is 266 g/mol. The fourth-order valence-electron chi connectivity index (χ4n) is 2.15. The standard InChI is InChI=1S/C16H23N3O2/c1-2-3-16-18-8-9-19(16)11-14(20)12-21-15-6-4-13(10-17)5-7-15/h4-9,14,20H,2-3,10-12,17H2,1H3. The van der Waals surface area contributed by atoms with Gasteiger partial charge >= 0.3 is 0 Å². The SMILES string of the molecule is CCCc1nccn1CC(O)COc1ccc(CN)cc1. The van der Waals surface area contributed by atoms with Crippen molar-refractivity contribution < 1.29 is 9.84 Å². The minimum Gasteiger partial charge on any atom is -0.491 e. The molecule has 1 atom stereocenters. The van der Waals surface area contributed by atoms with Crippen LogP contribution in [-0.2, 0) is 19.5 Å². The van der Waals surface area contributed by atoms with Crippen molar-refractivity contribution in [3.8, 4) is 5.75 Å². The van der Waals surface area contributed by atoms with E-state index >= 15 is 0 Å². The van der Waals surface area contributed by atoms with Gasteiger partial charge in [-0.2, -0.15) is 0 Å². The molecule has 0 saturated heterocycles. The molecule has 0 bridgehead atoms. The van der Waals surface area contributed by atoms with Crippen LogP contribution >= 0.6 is 0 Å². The lowest BCUT2D eigenvalue weighted by Crippen LogP contribution is -2.24. The van der Waals surface area contributed by atoms with Gasteiger partial charge in [0.2, 0.25) is 0 Å². The molecule has 1 aromatic heterocycles. The van der Waals surface area contributed by atoms with E-state index in [1.165, 1.54) is 0 Å². The Morgan fingerprint density at radius 3 is 2.76 bits per heavy atom. The van der Waals surface area contributed by atoms with Gasteiger partial charge < -0.3 is 20.1 Å². The number of aliphatic hydroxyl groups is 1. The second-order valence-corrected chi connectivity index (χ2v) is 5.06. The van der Waals surface area contributed by atoms with Crippen LogP contribution in [0.4, 0.5) is 0 Å². The number of nitrogens with two attached hydrogens (primary N) is 1. The van der Waals surface area contributed by atoms with E-state index in [2.05, 4.69) is 11.9 Å². The third-order valence-corrected chi connectivity index (χ3v) is 3.28. The van der Waals surface area contributed by atoms with E-state index < -0.39 is 6.10 Å². The average molecular weight is 289 g/mol. The number of benzene rings is 1. The van der Waals surface area contributed by atoms with E-state index in [4.69, 9.17) is 10.5 Å². The monoisotopic (exact) mass is 289 g/mol. The summed E-state index contributed by atoms with van der Waals surface area (Å²) in [5.41, 5.74) is 6.61. The largest absolute Gasteiger partial charge is 0.491 e. The highest BCUT2D eigenvalue weighted by Crippen LogP contribution is 2.12. The van der Waals surface area contributed by atoms with Crippen LogP contribution in [0.1, 0.15) is 24.7 Å². The molecule has 0 aliphatic carbocycles. The summed E-state index contributed by atoms with van der Waals surface area (Å²) in [7, 11) is 0. The van der Waals surface area contributed by atoms with Crippen molar-refractivity contribution in [2.24, 2.45) is 5.73 Å². The second kappa shape index (κ2) is 7.81. The molecule has 2 rings (SSSR count). The van der Waals surface area contributed by atoms with Gasteiger partial charge in [-0.05, 0) is 24.1 Å². The third kappa shape index (κ3) is 4.58. The summed E-state index contributed by atoms with van der Waals surface area (Å²) in [6.07, 6.45) is 5.05. The molecule has 21 heavy (non-hydrogen) atoms. The number of ether oxygens (including phenoxy) is 1. The number of aromatic nitrogens is 2. The van der Waals surface area contributed by atoms with Crippen molar-refractivity contribution >= 4 is 0 Å². The number of hydrogen-bond acceptors (Lipinski definition) is 4. The van der Waals surface area contributed by atoms with E-state index in [-0.39, 0.29) is 6.61 Å². The highest BCUT2D eigenvalue weighted by molar-refractivity contribution is 5.27. The van der Waals surface area contributed by atoms with Gasteiger partial charge in [0.05, 0.1) is 6.54 Å². The zero-order chi connectivity index (χ0) is 15.1. The lowest BCUT2D eigenvalue weighted by molar-refractivity contribution is 0.0917. The minimum atomic E-state index is -0.566. The van der Waals surface area contributed by atoms with Crippen molar-refractivity contribution in [3.05, 3.63) is 48.0 Å². The predicted molar refractivity (Wildman–Crippen MR) is 82.1 cm³/mol. The lowest BCUT2D eigenvalue weighted by Gasteiger charge is -2.15. The zero-order valence-electron chi connectivity index (χ0n) is 12.4. The normalized spacial score (nSPS) is 12.3. The molecule has 1 unspecified atom stereocenters. The fraction of sp³-hybridized carbons (Fsp3) is 0.438. The molecule has 0 fully saturated rings. The molecule has 3 N–H and O–H groups in total. The molecule has 0 aliphatic heterocycles. The number of rotatable bonds is 8. The smallest absolute Gasteiger partial charge is 0.119 e. The van der Waals surface area contributed by atoms with Crippen LogP contribution in [-0.4, -0.2) is 27.4 Å². The summed E-state index contributed by atoms with van der Waals surface area (Å²) < 4.78 is 7.57. The maximum Gasteiger partial charge on any atom is 0.119 e. The number of aryl methyl sites for hydroxylation is 1. The molecule has 1 heterocycles. The summed E-state index contributed by atoms with van der Waals surface area (Å²) in [4.78, 5) is 4.30. The van der Waals surface area contributed by atoms with Gasteiger partial charge in [-0.3, -0.25) is 0 Å². The summed E-state index contributed by atoms with van der Waals surface area (Å²) in [6, 6.07) is 7.59. The molecule has 5 heteroatoms. The molecule has 0 aliphatic rings. The third-order valence-electron chi connectivity index (χ3n) is 3.28. The Morgan fingerprint density at radius 1 is 1.33 bits per heavy atom. The van der Waals surface area contributed by atoms with Crippen LogP contribution in [0, 0.1) is 0 Å². The van der Waals surface area contributed by atoms with Gasteiger partial charge in [-0.15, -0.1) is 0 Å². The Balaban J connectivity index is 1.83. The molecule has 2 aromatic rings. The van der Waals surface area contributed by atoms with Crippen LogP contribution in [0.2, 0.25) is 0 Å². The first kappa shape index (κ1) is 15.5. The van der Waals surface area contributed by atoms with E-state index in [9.17, 15) is 5.11 Å². The van der Waals surface area contributed by atoms with Gasteiger partial charge in [0, 0.05) is 25.4 Å². The van der Waals surface area contributed by atoms with Crippen LogP contribution in [0.5, 0.6) is 5.75 Å². The maximum absolute atomic E-state index is 10.1. The molecule has 0 radical (unpaired) electrons. The summed E-state index contributed by atoms with van der Waals surface area (Å²) in [5.74, 6) is 1.74. The minimum absolute atomic E-state index is 0.256. The Kier molecular flexibility index (Phi) is 5.78. The molecule has 5 nitrogen and oxygen atoms in total. The molecule has 0 saturated carbocycles. The first-order chi connectivity index (χ1) is 10.2. The van der Waals surface area contributed by atoms with E-state index in [0.29, 0.717) is 13.1 Å². The fourth-order valence-corrected chi connectivity index (χ4v) is 2.15. The topological polar surface area (TPSA) is 73.3 Å². The molecule has 0 spiro atoms. The molecule has 1 aromatic carbocycles. The van der Waals surface area contributed by atoms with E-state index in [1.807, 2.05) is 35.0 Å². The van der Waals surface area contributed by atoms with Gasteiger partial charge in [-0.25, -0.2) is 4.98 Å². The number of imidazole rings is 1.